The molecule has 0 atom stereocenters. The van der Waals surface area contributed by atoms with Crippen molar-refractivity contribution >= 4 is 17.2 Å². The van der Waals surface area contributed by atoms with E-state index >= 15 is 0 Å². The molecule has 2 N–H and O–H groups in total. The fourth-order valence-corrected chi connectivity index (χ4v) is 2.15. The maximum Gasteiger partial charge on any atom is 0.270 e. The van der Waals surface area contributed by atoms with Gasteiger partial charge in [0.25, 0.3) is 11.5 Å². The molecule has 0 aliphatic carbocycles. The van der Waals surface area contributed by atoms with E-state index in [1.807, 2.05) is 12.3 Å². The van der Waals surface area contributed by atoms with E-state index in [4.69, 9.17) is 0 Å². The van der Waals surface area contributed by atoms with Gasteiger partial charge in [0, 0.05) is 11.4 Å². The maximum absolute atomic E-state index is 11.7. The number of aryl methyl sites for hydroxylation is 1. The molecule has 0 bridgehead atoms. The van der Waals surface area contributed by atoms with Crippen LogP contribution in [0.15, 0.2) is 22.6 Å². The van der Waals surface area contributed by atoms with Crippen molar-refractivity contribution in [3.05, 3.63) is 44.5 Å². The van der Waals surface area contributed by atoms with Crippen molar-refractivity contribution in [2.24, 2.45) is 0 Å². The molecule has 0 aliphatic heterocycles. The second-order valence-corrected chi connectivity index (χ2v) is 4.51. The van der Waals surface area contributed by atoms with Crippen molar-refractivity contribution in [3.8, 4) is 0 Å². The zero-order valence-corrected chi connectivity index (χ0v) is 10.6. The summed E-state index contributed by atoms with van der Waals surface area (Å²) in [5, 5.41) is 5.48. The van der Waals surface area contributed by atoms with Crippen LogP contribution in [0.25, 0.3) is 0 Å². The predicted octanol–water partition coefficient (Wildman–Crippen LogP) is 0.719. The fourth-order valence-electron chi connectivity index (χ4n) is 1.33. The Morgan fingerprint density at radius 1 is 1.56 bits per heavy atom. The first-order valence-electron chi connectivity index (χ1n) is 5.45. The van der Waals surface area contributed by atoms with Crippen molar-refractivity contribution in [2.45, 2.75) is 19.9 Å². The summed E-state index contributed by atoms with van der Waals surface area (Å²) in [4.78, 5) is 33.2. The molecular formula is C11H12N4O2S. The lowest BCUT2D eigenvalue weighted by molar-refractivity contribution is 0.0945. The Morgan fingerprint density at radius 3 is 3.06 bits per heavy atom. The number of hydrogen-bond donors (Lipinski definition) is 2. The average Bonchev–Trinajstić information content (AvgIpc) is 2.84. The Labute approximate surface area is 107 Å². The van der Waals surface area contributed by atoms with Crippen molar-refractivity contribution < 1.29 is 4.79 Å². The SMILES string of the molecule is CCc1csc(CNC(=O)c2cc(=O)[nH]cn2)n1. The van der Waals surface area contributed by atoms with Gasteiger partial charge in [-0.1, -0.05) is 6.92 Å². The van der Waals surface area contributed by atoms with Crippen LogP contribution in [-0.2, 0) is 13.0 Å². The van der Waals surface area contributed by atoms with Gasteiger partial charge < -0.3 is 10.3 Å². The molecule has 7 heteroatoms. The molecule has 0 aromatic carbocycles. The second-order valence-electron chi connectivity index (χ2n) is 3.57. The number of aromatic nitrogens is 3. The van der Waals surface area contributed by atoms with Gasteiger partial charge in [0.1, 0.15) is 10.7 Å². The van der Waals surface area contributed by atoms with E-state index in [-0.39, 0.29) is 17.2 Å². The van der Waals surface area contributed by atoms with Crippen molar-refractivity contribution in [1.29, 1.82) is 0 Å². The van der Waals surface area contributed by atoms with Crippen LogP contribution in [0, 0.1) is 0 Å². The van der Waals surface area contributed by atoms with Gasteiger partial charge in [-0.15, -0.1) is 11.3 Å². The molecule has 0 fully saturated rings. The summed E-state index contributed by atoms with van der Waals surface area (Å²) in [7, 11) is 0. The molecule has 0 radical (unpaired) electrons. The van der Waals surface area contributed by atoms with Gasteiger partial charge in [-0.05, 0) is 6.42 Å². The number of carbonyl (C=O) groups excluding carboxylic acids is 1. The number of aromatic amines is 1. The lowest BCUT2D eigenvalue weighted by Crippen LogP contribution is -2.25. The van der Waals surface area contributed by atoms with E-state index < -0.39 is 0 Å². The predicted molar refractivity (Wildman–Crippen MR) is 67.5 cm³/mol. The van der Waals surface area contributed by atoms with Crippen molar-refractivity contribution in [1.82, 2.24) is 20.3 Å². The van der Waals surface area contributed by atoms with Gasteiger partial charge in [-0.3, -0.25) is 9.59 Å². The summed E-state index contributed by atoms with van der Waals surface area (Å²) in [6.07, 6.45) is 2.08. The minimum absolute atomic E-state index is 0.103. The first kappa shape index (κ1) is 12.4. The van der Waals surface area contributed by atoms with Crippen LogP contribution in [0.1, 0.15) is 28.1 Å². The molecule has 2 rings (SSSR count). The summed E-state index contributed by atoms with van der Waals surface area (Å²) in [6, 6.07) is 1.16. The van der Waals surface area contributed by atoms with Gasteiger partial charge in [0.15, 0.2) is 0 Å². The number of carbonyl (C=O) groups is 1. The third-order valence-electron chi connectivity index (χ3n) is 2.27. The van der Waals surface area contributed by atoms with Crippen molar-refractivity contribution in [3.63, 3.8) is 0 Å². The Kier molecular flexibility index (Phi) is 3.83. The zero-order chi connectivity index (χ0) is 13.0. The van der Waals surface area contributed by atoms with Crippen LogP contribution < -0.4 is 10.9 Å². The average molecular weight is 264 g/mol. The normalized spacial score (nSPS) is 10.3. The van der Waals surface area contributed by atoms with E-state index in [1.165, 1.54) is 17.7 Å². The molecule has 0 spiro atoms. The lowest BCUT2D eigenvalue weighted by atomic mass is 10.4. The summed E-state index contributed by atoms with van der Waals surface area (Å²) >= 11 is 1.50. The number of nitrogens with one attached hydrogen (secondary N) is 2. The van der Waals surface area contributed by atoms with E-state index in [0.717, 1.165) is 23.2 Å². The van der Waals surface area contributed by atoms with Crippen LogP contribution in [0.2, 0.25) is 0 Å². The highest BCUT2D eigenvalue weighted by molar-refractivity contribution is 7.09. The van der Waals surface area contributed by atoms with E-state index in [0.29, 0.717) is 6.54 Å². The van der Waals surface area contributed by atoms with Gasteiger partial charge in [-0.25, -0.2) is 9.97 Å². The quantitative estimate of drug-likeness (QED) is 0.851. The molecule has 18 heavy (non-hydrogen) atoms. The van der Waals surface area contributed by atoms with Crippen LogP contribution in [0.4, 0.5) is 0 Å². The third kappa shape index (κ3) is 3.01. The van der Waals surface area contributed by atoms with E-state index in [9.17, 15) is 9.59 Å². The minimum atomic E-state index is -0.380. The van der Waals surface area contributed by atoms with Crippen LogP contribution in [0.5, 0.6) is 0 Å². The molecular weight excluding hydrogens is 252 g/mol. The highest BCUT2D eigenvalue weighted by Crippen LogP contribution is 2.09. The first-order valence-corrected chi connectivity index (χ1v) is 6.33. The number of nitrogens with zero attached hydrogens (tertiary/aromatic N) is 2. The highest BCUT2D eigenvalue weighted by atomic mass is 32.1. The Hall–Kier alpha value is -2.02. The smallest absolute Gasteiger partial charge is 0.270 e. The number of hydrogen-bond acceptors (Lipinski definition) is 5. The molecule has 0 saturated heterocycles. The molecule has 1 amide bonds. The summed E-state index contributed by atoms with van der Waals surface area (Å²) in [5.41, 5.74) is 0.766. The van der Waals surface area contributed by atoms with Gasteiger partial charge in [0.05, 0.1) is 18.6 Å². The van der Waals surface area contributed by atoms with Crippen LogP contribution in [0.3, 0.4) is 0 Å². The Balaban J connectivity index is 1.98. The molecule has 2 heterocycles. The fraction of sp³-hybridized carbons (Fsp3) is 0.273. The molecule has 2 aromatic heterocycles. The minimum Gasteiger partial charge on any atom is -0.344 e. The zero-order valence-electron chi connectivity index (χ0n) is 9.77. The number of thiazole rings is 1. The van der Waals surface area contributed by atoms with E-state index in [2.05, 4.69) is 20.3 Å². The summed E-state index contributed by atoms with van der Waals surface area (Å²) < 4.78 is 0. The molecule has 0 saturated carbocycles. The number of H-pyrrole nitrogens is 1. The second kappa shape index (κ2) is 5.54. The molecule has 0 unspecified atom stereocenters. The third-order valence-corrected chi connectivity index (χ3v) is 3.17. The first-order chi connectivity index (χ1) is 8.69. The molecule has 6 nitrogen and oxygen atoms in total. The topological polar surface area (TPSA) is 87.7 Å². The van der Waals surface area contributed by atoms with Gasteiger partial charge in [0.2, 0.25) is 0 Å². The summed E-state index contributed by atoms with van der Waals surface area (Å²) in [5.74, 6) is -0.380. The van der Waals surface area contributed by atoms with Crippen LogP contribution in [-0.4, -0.2) is 20.9 Å². The monoisotopic (exact) mass is 264 g/mol. The number of amides is 1. The molecule has 0 aliphatic rings. The van der Waals surface area contributed by atoms with E-state index in [1.54, 1.807) is 0 Å². The highest BCUT2D eigenvalue weighted by Gasteiger charge is 2.08. The molecule has 2 aromatic rings. The maximum atomic E-state index is 11.7. The lowest BCUT2D eigenvalue weighted by Gasteiger charge is -2.01. The standard InChI is InChI=1S/C11H12N4O2S/c1-2-7-5-18-10(15-7)4-12-11(17)8-3-9(16)14-6-13-8/h3,5-6H,2,4H2,1H3,(H,12,17)(H,13,14,16). The Bertz CT molecular complexity index is 605. The number of rotatable bonds is 4. The molecule has 94 valence electrons. The van der Waals surface area contributed by atoms with Gasteiger partial charge in [-0.2, -0.15) is 0 Å². The largest absolute Gasteiger partial charge is 0.344 e. The summed E-state index contributed by atoms with van der Waals surface area (Å²) in [6.45, 7) is 2.37. The Morgan fingerprint density at radius 2 is 2.39 bits per heavy atom. The van der Waals surface area contributed by atoms with Crippen molar-refractivity contribution in [2.75, 3.05) is 0 Å². The van der Waals surface area contributed by atoms with Gasteiger partial charge >= 0.3 is 0 Å². The van der Waals surface area contributed by atoms with Crippen LogP contribution >= 0.6 is 11.3 Å².